The molecule has 3 rings (SSSR count). The van der Waals surface area contributed by atoms with E-state index in [2.05, 4.69) is 11.0 Å². The maximum Gasteiger partial charge on any atom is 0.145 e. The van der Waals surface area contributed by atoms with E-state index in [0.29, 0.717) is 16.4 Å². The molecule has 1 heterocycles. The van der Waals surface area contributed by atoms with E-state index >= 15 is 0 Å². The van der Waals surface area contributed by atoms with E-state index in [9.17, 15) is 5.11 Å². The lowest BCUT2D eigenvalue weighted by Crippen LogP contribution is -1.97. The number of nitrogens with zero attached hydrogens (tertiary/aromatic N) is 2. The van der Waals surface area contributed by atoms with Gasteiger partial charge in [-0.2, -0.15) is 5.10 Å². The third-order valence-electron chi connectivity index (χ3n) is 3.34. The Morgan fingerprint density at radius 3 is 2.23 bits per heavy atom. The molecule has 1 unspecified atom stereocenters. The average Bonchev–Trinajstić information content (AvgIpc) is 2.93. The van der Waals surface area contributed by atoms with E-state index in [-0.39, 0.29) is 0 Å². The van der Waals surface area contributed by atoms with Crippen LogP contribution in [-0.2, 0) is 0 Å². The summed E-state index contributed by atoms with van der Waals surface area (Å²) in [6.45, 7) is 0. The van der Waals surface area contributed by atoms with Crippen LogP contribution in [-0.4, -0.2) is 14.9 Å². The van der Waals surface area contributed by atoms with Crippen LogP contribution in [0.25, 0.3) is 16.9 Å². The van der Waals surface area contributed by atoms with Crippen LogP contribution in [0.15, 0.2) is 60.7 Å². The first kappa shape index (κ1) is 14.4. The molecule has 0 aliphatic heterocycles. The topological polar surface area (TPSA) is 38.1 Å². The van der Waals surface area contributed by atoms with Crippen molar-refractivity contribution in [3.63, 3.8) is 0 Å². The molecule has 1 atom stereocenters. The molecule has 0 spiro atoms. The Labute approximate surface area is 133 Å². The summed E-state index contributed by atoms with van der Waals surface area (Å²) in [7, 11) is 0. The largest absolute Gasteiger partial charge is 0.376 e. The lowest BCUT2D eigenvalue weighted by atomic mass is 10.0. The quantitative estimate of drug-likeness (QED) is 0.746. The van der Waals surface area contributed by atoms with Crippen molar-refractivity contribution in [2.45, 2.75) is 6.10 Å². The summed E-state index contributed by atoms with van der Waals surface area (Å²) in [6.07, 6.45) is 4.26. The standard InChI is InChI=1S/C18H13ClN2O/c1-2-15(22)16-17(13-9-5-3-6-10-13)20-21(18(16)19)14-11-7-4-8-12-14/h1,3-12,15,22H. The van der Waals surface area contributed by atoms with Gasteiger partial charge in [0.15, 0.2) is 0 Å². The van der Waals surface area contributed by atoms with E-state index in [0.717, 1.165) is 11.3 Å². The maximum absolute atomic E-state index is 10.1. The molecule has 0 amide bonds. The first-order valence-corrected chi connectivity index (χ1v) is 7.13. The molecular weight excluding hydrogens is 296 g/mol. The normalized spacial score (nSPS) is 11.9. The summed E-state index contributed by atoms with van der Waals surface area (Å²) in [5.74, 6) is 2.31. The highest BCUT2D eigenvalue weighted by Gasteiger charge is 2.23. The highest BCUT2D eigenvalue weighted by molar-refractivity contribution is 6.31. The van der Waals surface area contributed by atoms with Crippen molar-refractivity contribution in [1.82, 2.24) is 9.78 Å². The van der Waals surface area contributed by atoms with Crippen LogP contribution < -0.4 is 0 Å². The number of halogens is 1. The van der Waals surface area contributed by atoms with Gasteiger partial charge in [0.1, 0.15) is 17.0 Å². The van der Waals surface area contributed by atoms with Gasteiger partial charge in [0.05, 0.1) is 11.3 Å². The summed E-state index contributed by atoms with van der Waals surface area (Å²) < 4.78 is 1.58. The van der Waals surface area contributed by atoms with E-state index in [4.69, 9.17) is 18.0 Å². The number of rotatable bonds is 3. The molecule has 1 aromatic heterocycles. The molecule has 0 fully saturated rings. The molecule has 0 aliphatic rings. The molecule has 1 N–H and O–H groups in total. The van der Waals surface area contributed by atoms with Gasteiger partial charge in [-0.1, -0.05) is 66.1 Å². The zero-order chi connectivity index (χ0) is 15.5. The molecule has 2 aromatic carbocycles. The number of aliphatic hydroxyl groups excluding tert-OH is 1. The fourth-order valence-electron chi connectivity index (χ4n) is 2.28. The van der Waals surface area contributed by atoms with Crippen molar-refractivity contribution < 1.29 is 5.11 Å². The minimum Gasteiger partial charge on any atom is -0.376 e. The lowest BCUT2D eigenvalue weighted by molar-refractivity contribution is 0.239. The minimum absolute atomic E-state index is 0.315. The predicted octanol–water partition coefficient (Wildman–Crippen LogP) is 3.86. The fourth-order valence-corrected chi connectivity index (χ4v) is 2.61. The number of aliphatic hydroxyl groups is 1. The Morgan fingerprint density at radius 1 is 1.05 bits per heavy atom. The zero-order valence-corrected chi connectivity index (χ0v) is 12.4. The Hall–Kier alpha value is -2.54. The third-order valence-corrected chi connectivity index (χ3v) is 3.71. The maximum atomic E-state index is 10.1. The summed E-state index contributed by atoms with van der Waals surface area (Å²) in [5.41, 5.74) is 2.68. The Morgan fingerprint density at radius 2 is 1.64 bits per heavy atom. The highest BCUT2D eigenvalue weighted by atomic mass is 35.5. The lowest BCUT2D eigenvalue weighted by Gasteiger charge is -2.05. The first-order chi connectivity index (χ1) is 10.7. The summed E-state index contributed by atoms with van der Waals surface area (Å²) in [4.78, 5) is 0. The van der Waals surface area contributed by atoms with Crippen LogP contribution in [0.1, 0.15) is 11.7 Å². The number of hydrogen-bond acceptors (Lipinski definition) is 2. The molecule has 108 valence electrons. The molecule has 0 aliphatic carbocycles. The highest BCUT2D eigenvalue weighted by Crippen LogP contribution is 2.34. The van der Waals surface area contributed by atoms with Crippen molar-refractivity contribution in [2.75, 3.05) is 0 Å². The van der Waals surface area contributed by atoms with E-state index in [1.165, 1.54) is 0 Å². The Bertz CT molecular complexity index is 820. The number of aromatic nitrogens is 2. The van der Waals surface area contributed by atoms with Crippen LogP contribution in [0.3, 0.4) is 0 Å². The van der Waals surface area contributed by atoms with Gasteiger partial charge < -0.3 is 5.11 Å². The SMILES string of the molecule is C#CC(O)c1c(-c2ccccc2)nn(-c2ccccc2)c1Cl. The molecule has 0 saturated carbocycles. The molecule has 0 saturated heterocycles. The number of hydrogen-bond donors (Lipinski definition) is 1. The van der Waals surface area contributed by atoms with Crippen LogP contribution in [0, 0.1) is 12.3 Å². The van der Waals surface area contributed by atoms with E-state index in [1.807, 2.05) is 60.7 Å². The van der Waals surface area contributed by atoms with Gasteiger partial charge >= 0.3 is 0 Å². The van der Waals surface area contributed by atoms with Crippen LogP contribution in [0.5, 0.6) is 0 Å². The van der Waals surface area contributed by atoms with E-state index in [1.54, 1.807) is 4.68 Å². The van der Waals surface area contributed by atoms with Crippen molar-refractivity contribution in [2.24, 2.45) is 0 Å². The summed E-state index contributed by atoms with van der Waals surface area (Å²) >= 11 is 6.43. The smallest absolute Gasteiger partial charge is 0.145 e. The molecule has 3 nitrogen and oxygen atoms in total. The van der Waals surface area contributed by atoms with Crippen LogP contribution in [0.2, 0.25) is 5.15 Å². The molecule has 4 heteroatoms. The molecule has 3 aromatic rings. The second-order valence-electron chi connectivity index (χ2n) is 4.74. The number of terminal acetylenes is 1. The zero-order valence-electron chi connectivity index (χ0n) is 11.6. The monoisotopic (exact) mass is 308 g/mol. The van der Waals surface area contributed by atoms with Gasteiger partial charge in [0, 0.05) is 5.56 Å². The Kier molecular flexibility index (Phi) is 3.97. The second kappa shape index (κ2) is 6.07. The van der Waals surface area contributed by atoms with Crippen LogP contribution in [0.4, 0.5) is 0 Å². The van der Waals surface area contributed by atoms with Crippen LogP contribution >= 0.6 is 11.6 Å². The number of benzene rings is 2. The first-order valence-electron chi connectivity index (χ1n) is 6.76. The molecule has 22 heavy (non-hydrogen) atoms. The van der Waals surface area contributed by atoms with Crippen molar-refractivity contribution in [3.8, 4) is 29.3 Å². The molecule has 0 radical (unpaired) electrons. The predicted molar refractivity (Wildman–Crippen MR) is 87.8 cm³/mol. The van der Waals surface area contributed by atoms with Crippen molar-refractivity contribution >= 4 is 11.6 Å². The summed E-state index contributed by atoms with van der Waals surface area (Å²) in [6, 6.07) is 19.0. The molecule has 0 bridgehead atoms. The molecular formula is C18H13ClN2O. The number of para-hydroxylation sites is 1. The van der Waals surface area contributed by atoms with Gasteiger partial charge in [-0.25, -0.2) is 4.68 Å². The Balaban J connectivity index is 2.24. The van der Waals surface area contributed by atoms with Gasteiger partial charge in [0.25, 0.3) is 0 Å². The second-order valence-corrected chi connectivity index (χ2v) is 5.09. The minimum atomic E-state index is -1.11. The van der Waals surface area contributed by atoms with Gasteiger partial charge in [0.2, 0.25) is 0 Å². The van der Waals surface area contributed by atoms with E-state index < -0.39 is 6.10 Å². The fraction of sp³-hybridized carbons (Fsp3) is 0.0556. The van der Waals surface area contributed by atoms with Gasteiger partial charge in [-0.05, 0) is 12.1 Å². The third kappa shape index (κ3) is 2.50. The summed E-state index contributed by atoms with van der Waals surface area (Å²) in [5, 5.41) is 15.0. The van der Waals surface area contributed by atoms with Gasteiger partial charge in [-0.15, -0.1) is 6.42 Å². The van der Waals surface area contributed by atoms with Gasteiger partial charge in [-0.3, -0.25) is 0 Å². The van der Waals surface area contributed by atoms with Crippen molar-refractivity contribution in [1.29, 1.82) is 0 Å². The van der Waals surface area contributed by atoms with Crippen molar-refractivity contribution in [3.05, 3.63) is 71.4 Å². The average molecular weight is 309 g/mol.